The Kier molecular flexibility index (Phi) is 5.53. The second-order valence-electron chi connectivity index (χ2n) is 6.94. The number of benzene rings is 1. The van der Waals surface area contributed by atoms with Gasteiger partial charge in [-0.15, -0.1) is 0 Å². The van der Waals surface area contributed by atoms with Gasteiger partial charge in [-0.3, -0.25) is 14.6 Å². The number of aromatic nitrogens is 1. The Morgan fingerprint density at radius 2 is 1.86 bits per heavy atom. The number of para-hydroxylation sites is 1. The summed E-state index contributed by atoms with van der Waals surface area (Å²) < 4.78 is 11.4. The van der Waals surface area contributed by atoms with Crippen molar-refractivity contribution in [2.45, 2.75) is 18.6 Å². The first-order valence-electron chi connectivity index (χ1n) is 9.51. The van der Waals surface area contributed by atoms with Crippen molar-refractivity contribution < 1.29 is 19.1 Å². The molecule has 0 N–H and O–H groups in total. The van der Waals surface area contributed by atoms with Gasteiger partial charge in [0.25, 0.3) is 5.91 Å². The number of amides is 2. The van der Waals surface area contributed by atoms with E-state index >= 15 is 0 Å². The fourth-order valence-corrected chi connectivity index (χ4v) is 3.68. The molecule has 2 amide bonds. The monoisotopic (exact) mass is 381 g/mol. The van der Waals surface area contributed by atoms with E-state index in [1.54, 1.807) is 28.1 Å². The van der Waals surface area contributed by atoms with E-state index in [0.29, 0.717) is 44.8 Å². The van der Waals surface area contributed by atoms with Gasteiger partial charge in [0, 0.05) is 31.9 Å². The number of morpholine rings is 1. The first kappa shape index (κ1) is 18.4. The average Bonchev–Trinajstić information content (AvgIpc) is 3.18. The summed E-state index contributed by atoms with van der Waals surface area (Å²) in [5, 5.41) is 0. The predicted molar refractivity (Wildman–Crippen MR) is 102 cm³/mol. The predicted octanol–water partition coefficient (Wildman–Crippen LogP) is 1.60. The van der Waals surface area contributed by atoms with Crippen LogP contribution in [0.3, 0.4) is 0 Å². The van der Waals surface area contributed by atoms with Gasteiger partial charge >= 0.3 is 0 Å². The molecule has 4 rings (SSSR count). The third-order valence-corrected chi connectivity index (χ3v) is 5.09. The molecule has 2 aliphatic heterocycles. The number of carbonyl (C=O) groups excluding carboxylic acids is 2. The van der Waals surface area contributed by atoms with Crippen molar-refractivity contribution in [2.75, 3.05) is 32.8 Å². The van der Waals surface area contributed by atoms with Gasteiger partial charge in [0.05, 0.1) is 25.3 Å². The molecule has 7 nitrogen and oxygen atoms in total. The highest BCUT2D eigenvalue weighted by Gasteiger charge is 2.43. The summed E-state index contributed by atoms with van der Waals surface area (Å²) >= 11 is 0. The summed E-state index contributed by atoms with van der Waals surface area (Å²) in [5.41, 5.74) is 0.475. The molecular formula is C21H23N3O4. The molecule has 2 aliphatic rings. The summed E-state index contributed by atoms with van der Waals surface area (Å²) in [6.45, 7) is 2.52. The summed E-state index contributed by atoms with van der Waals surface area (Å²) in [6, 6.07) is 12.4. The summed E-state index contributed by atoms with van der Waals surface area (Å²) in [4.78, 5) is 33.7. The average molecular weight is 381 g/mol. The highest BCUT2D eigenvalue weighted by Crippen LogP contribution is 2.26. The zero-order valence-corrected chi connectivity index (χ0v) is 15.6. The molecule has 0 radical (unpaired) electrons. The lowest BCUT2D eigenvalue weighted by Crippen LogP contribution is -2.51. The Bertz CT molecular complexity index is 809. The van der Waals surface area contributed by atoms with Crippen molar-refractivity contribution in [3.05, 3.63) is 60.4 Å². The molecule has 28 heavy (non-hydrogen) atoms. The molecule has 1 aromatic heterocycles. The highest BCUT2D eigenvalue weighted by atomic mass is 16.5. The van der Waals surface area contributed by atoms with Crippen molar-refractivity contribution in [1.82, 2.24) is 14.8 Å². The minimum atomic E-state index is -0.542. The van der Waals surface area contributed by atoms with Crippen molar-refractivity contribution >= 4 is 11.8 Å². The number of hydrogen-bond acceptors (Lipinski definition) is 5. The largest absolute Gasteiger partial charge is 0.488 e. The van der Waals surface area contributed by atoms with E-state index in [-0.39, 0.29) is 17.9 Å². The van der Waals surface area contributed by atoms with Gasteiger partial charge in [0.15, 0.2) is 0 Å². The second-order valence-corrected chi connectivity index (χ2v) is 6.94. The normalized spacial score (nSPS) is 22.1. The van der Waals surface area contributed by atoms with Crippen molar-refractivity contribution in [2.24, 2.45) is 0 Å². The Balaban J connectivity index is 1.54. The van der Waals surface area contributed by atoms with E-state index in [1.165, 1.54) is 6.20 Å². The molecule has 2 aromatic rings. The van der Waals surface area contributed by atoms with E-state index < -0.39 is 6.04 Å². The molecule has 1 aromatic carbocycles. The fourth-order valence-electron chi connectivity index (χ4n) is 3.68. The number of likely N-dealkylation sites (tertiary alicyclic amines) is 1. The van der Waals surface area contributed by atoms with Gasteiger partial charge in [-0.1, -0.05) is 18.2 Å². The van der Waals surface area contributed by atoms with Crippen LogP contribution in [-0.4, -0.2) is 71.6 Å². The highest BCUT2D eigenvalue weighted by molar-refractivity contribution is 5.97. The Morgan fingerprint density at radius 3 is 2.57 bits per heavy atom. The zero-order valence-electron chi connectivity index (χ0n) is 15.6. The minimum Gasteiger partial charge on any atom is -0.488 e. The van der Waals surface area contributed by atoms with E-state index in [0.717, 1.165) is 5.75 Å². The fraction of sp³-hybridized carbons (Fsp3) is 0.381. The molecule has 2 saturated heterocycles. The van der Waals surface area contributed by atoms with Gasteiger partial charge in [-0.25, -0.2) is 0 Å². The van der Waals surface area contributed by atoms with Gasteiger partial charge in [0.2, 0.25) is 5.91 Å². The van der Waals surface area contributed by atoms with Crippen LogP contribution in [0, 0.1) is 0 Å². The molecule has 0 bridgehead atoms. The Morgan fingerprint density at radius 1 is 1.07 bits per heavy atom. The third kappa shape index (κ3) is 3.99. The van der Waals surface area contributed by atoms with Gasteiger partial charge in [-0.05, 0) is 24.3 Å². The second kappa shape index (κ2) is 8.39. The van der Waals surface area contributed by atoms with Crippen LogP contribution < -0.4 is 4.74 Å². The topological polar surface area (TPSA) is 72.0 Å². The van der Waals surface area contributed by atoms with Crippen LogP contribution in [0.15, 0.2) is 54.9 Å². The maximum Gasteiger partial charge on any atom is 0.256 e. The van der Waals surface area contributed by atoms with E-state index in [1.807, 2.05) is 30.3 Å². The van der Waals surface area contributed by atoms with Gasteiger partial charge < -0.3 is 19.3 Å². The first-order valence-corrected chi connectivity index (χ1v) is 9.51. The molecule has 0 spiro atoms. The van der Waals surface area contributed by atoms with Crippen LogP contribution in [0.4, 0.5) is 0 Å². The molecule has 146 valence electrons. The lowest BCUT2D eigenvalue weighted by Gasteiger charge is -2.32. The molecule has 3 heterocycles. The molecule has 0 saturated carbocycles. The quantitative estimate of drug-likeness (QED) is 0.805. The van der Waals surface area contributed by atoms with Crippen LogP contribution in [0.2, 0.25) is 0 Å². The standard InChI is InChI=1S/C21H23N3O4/c25-20(16-5-4-8-22-14-16)24-15-18(28-17-6-2-1-3-7-17)13-19(24)21(26)23-9-11-27-12-10-23/h1-8,14,18-19H,9-13,15H2/t18-,19-/m0/s1. The van der Waals surface area contributed by atoms with Gasteiger partial charge in [0.1, 0.15) is 17.9 Å². The summed E-state index contributed by atoms with van der Waals surface area (Å²) in [6.07, 6.45) is 3.39. The molecule has 7 heteroatoms. The molecule has 0 unspecified atom stereocenters. The lowest BCUT2D eigenvalue weighted by atomic mass is 10.1. The number of pyridine rings is 1. The van der Waals surface area contributed by atoms with Crippen LogP contribution in [0.25, 0.3) is 0 Å². The minimum absolute atomic E-state index is 0.0419. The molecule has 0 aliphatic carbocycles. The van der Waals surface area contributed by atoms with Crippen LogP contribution >= 0.6 is 0 Å². The van der Waals surface area contributed by atoms with Crippen molar-refractivity contribution in [1.29, 1.82) is 0 Å². The Hall–Kier alpha value is -2.93. The molecular weight excluding hydrogens is 358 g/mol. The maximum atomic E-state index is 13.1. The number of nitrogens with zero attached hydrogens (tertiary/aromatic N) is 3. The Labute approximate surface area is 163 Å². The van der Waals surface area contributed by atoms with Gasteiger partial charge in [-0.2, -0.15) is 0 Å². The maximum absolute atomic E-state index is 13.1. The smallest absolute Gasteiger partial charge is 0.256 e. The lowest BCUT2D eigenvalue weighted by molar-refractivity contribution is -0.139. The van der Waals surface area contributed by atoms with Crippen LogP contribution in [0.1, 0.15) is 16.8 Å². The number of ether oxygens (including phenoxy) is 2. The molecule has 2 fully saturated rings. The van der Waals surface area contributed by atoms with E-state index in [9.17, 15) is 9.59 Å². The first-order chi connectivity index (χ1) is 13.7. The number of hydrogen-bond donors (Lipinski definition) is 0. The SMILES string of the molecule is O=C([C@@H]1C[C@H](Oc2ccccc2)CN1C(=O)c1cccnc1)N1CCOCC1. The summed E-state index contributed by atoms with van der Waals surface area (Å²) in [5.74, 6) is 0.499. The van der Waals surface area contributed by atoms with E-state index in [2.05, 4.69) is 4.98 Å². The number of carbonyl (C=O) groups is 2. The third-order valence-electron chi connectivity index (χ3n) is 5.09. The number of rotatable bonds is 4. The van der Waals surface area contributed by atoms with E-state index in [4.69, 9.17) is 9.47 Å². The summed E-state index contributed by atoms with van der Waals surface area (Å²) in [7, 11) is 0. The van der Waals surface area contributed by atoms with Crippen molar-refractivity contribution in [3.63, 3.8) is 0 Å². The van der Waals surface area contributed by atoms with Crippen molar-refractivity contribution in [3.8, 4) is 5.75 Å². The van der Waals surface area contributed by atoms with Crippen LogP contribution in [0.5, 0.6) is 5.75 Å². The molecule has 2 atom stereocenters. The zero-order chi connectivity index (χ0) is 19.3. The van der Waals surface area contributed by atoms with Crippen LogP contribution in [-0.2, 0) is 9.53 Å².